The van der Waals surface area contributed by atoms with Gasteiger partial charge in [0.15, 0.2) is 0 Å². The summed E-state index contributed by atoms with van der Waals surface area (Å²) < 4.78 is 0. The van der Waals surface area contributed by atoms with E-state index in [9.17, 15) is 9.59 Å². The lowest BCUT2D eigenvalue weighted by Gasteiger charge is -2.11. The zero-order chi connectivity index (χ0) is 20.3. The summed E-state index contributed by atoms with van der Waals surface area (Å²) in [6.45, 7) is 6.18. The van der Waals surface area contributed by atoms with E-state index in [1.165, 1.54) is 64.2 Å². The van der Waals surface area contributed by atoms with E-state index in [-0.39, 0.29) is 12.3 Å². The molecule has 0 aromatic rings. The first-order valence-electron chi connectivity index (χ1n) is 11.1. The van der Waals surface area contributed by atoms with Crippen LogP contribution in [0, 0.1) is 5.92 Å². The van der Waals surface area contributed by atoms with Gasteiger partial charge in [-0.05, 0) is 18.8 Å². The smallest absolute Gasteiger partial charge is 0.318 e. The lowest BCUT2D eigenvalue weighted by Crippen LogP contribution is -2.34. The van der Waals surface area contributed by atoms with Crippen molar-refractivity contribution in [1.29, 1.82) is 0 Å². The first-order valence-corrected chi connectivity index (χ1v) is 11.1. The van der Waals surface area contributed by atoms with Crippen LogP contribution in [0.1, 0.15) is 117 Å². The van der Waals surface area contributed by atoms with Crippen molar-refractivity contribution in [2.75, 3.05) is 0 Å². The van der Waals surface area contributed by atoms with E-state index < -0.39 is 18.0 Å². The van der Waals surface area contributed by atoms with Gasteiger partial charge in [0.1, 0.15) is 6.04 Å². The second kappa shape index (κ2) is 18.3. The van der Waals surface area contributed by atoms with Crippen LogP contribution in [-0.4, -0.2) is 18.0 Å². The summed E-state index contributed by atoms with van der Waals surface area (Å²) in [6.07, 6.45) is 17.1. The minimum absolute atomic E-state index is 0.282. The van der Waals surface area contributed by atoms with Crippen LogP contribution in [0.5, 0.6) is 0 Å². The minimum Gasteiger partial charge on any atom is -0.318 e. The fourth-order valence-electron chi connectivity index (χ4n) is 3.08. The van der Waals surface area contributed by atoms with Gasteiger partial charge in [-0.1, -0.05) is 97.8 Å². The molecule has 0 rings (SSSR count). The summed E-state index contributed by atoms with van der Waals surface area (Å²) in [5.74, 6) is -0.889. The Labute approximate surface area is 166 Å². The molecule has 0 aromatic heterocycles. The number of nitrogens with two attached hydrogens (primary N) is 1. The van der Waals surface area contributed by atoms with Gasteiger partial charge in [-0.15, -0.1) is 0 Å². The van der Waals surface area contributed by atoms with Crippen LogP contribution in [-0.2, 0) is 19.4 Å². The second-order valence-corrected chi connectivity index (χ2v) is 8.09. The number of unbranched alkanes of at least 4 members (excludes halogenated alkanes) is 12. The summed E-state index contributed by atoms with van der Waals surface area (Å²) >= 11 is 0. The van der Waals surface area contributed by atoms with Crippen molar-refractivity contribution < 1.29 is 19.4 Å². The largest absolute Gasteiger partial charge is 0.372 e. The van der Waals surface area contributed by atoms with Crippen molar-refractivity contribution in [1.82, 2.24) is 0 Å². The summed E-state index contributed by atoms with van der Waals surface area (Å²) in [6, 6.07) is -0.742. The van der Waals surface area contributed by atoms with Crippen molar-refractivity contribution in [2.24, 2.45) is 11.7 Å². The molecule has 0 saturated heterocycles. The Balaban J connectivity index is 3.37. The maximum Gasteiger partial charge on any atom is 0.372 e. The van der Waals surface area contributed by atoms with Crippen LogP contribution < -0.4 is 5.73 Å². The molecule has 2 N–H and O–H groups in total. The molecular formula is C22H43NO4. The highest BCUT2D eigenvalue weighted by atomic mass is 17.2. The molecule has 0 radical (unpaired) electrons. The standard InChI is InChI=1S/C22H43NO4/c1-4-5-6-7-8-9-10-11-12-13-14-15-16-17-21(24)26-27-22(25)20(23)18-19(2)3/h19-20H,4-18,23H2,1-3H3. The van der Waals surface area contributed by atoms with E-state index in [0.29, 0.717) is 6.42 Å². The average molecular weight is 386 g/mol. The van der Waals surface area contributed by atoms with E-state index in [1.807, 2.05) is 13.8 Å². The number of hydrogen-bond acceptors (Lipinski definition) is 5. The van der Waals surface area contributed by atoms with Crippen LogP contribution in [0.2, 0.25) is 0 Å². The first kappa shape index (κ1) is 25.9. The van der Waals surface area contributed by atoms with Crippen LogP contribution in [0.25, 0.3) is 0 Å². The summed E-state index contributed by atoms with van der Waals surface area (Å²) in [4.78, 5) is 32.2. The number of carbonyl (C=O) groups excluding carboxylic acids is 2. The molecular weight excluding hydrogens is 342 g/mol. The fourth-order valence-corrected chi connectivity index (χ4v) is 3.08. The third-order valence-electron chi connectivity index (χ3n) is 4.73. The van der Waals surface area contributed by atoms with Gasteiger partial charge in [-0.3, -0.25) is 0 Å². The van der Waals surface area contributed by atoms with E-state index in [2.05, 4.69) is 16.7 Å². The fraction of sp³-hybridized carbons (Fsp3) is 0.909. The van der Waals surface area contributed by atoms with Gasteiger partial charge in [0.25, 0.3) is 0 Å². The highest BCUT2D eigenvalue weighted by molar-refractivity contribution is 5.76. The van der Waals surface area contributed by atoms with E-state index in [0.717, 1.165) is 19.3 Å². The van der Waals surface area contributed by atoms with Gasteiger partial charge in [0, 0.05) is 0 Å². The topological polar surface area (TPSA) is 78.6 Å². The van der Waals surface area contributed by atoms with Crippen molar-refractivity contribution in [2.45, 2.75) is 123 Å². The molecule has 160 valence electrons. The maximum absolute atomic E-state index is 11.6. The Morgan fingerprint density at radius 3 is 1.63 bits per heavy atom. The second-order valence-electron chi connectivity index (χ2n) is 8.09. The Morgan fingerprint density at radius 1 is 0.741 bits per heavy atom. The van der Waals surface area contributed by atoms with Crippen LogP contribution >= 0.6 is 0 Å². The number of rotatable bonds is 17. The molecule has 0 aliphatic rings. The van der Waals surface area contributed by atoms with Gasteiger partial charge in [-0.2, -0.15) is 0 Å². The summed E-state index contributed by atoms with van der Waals surface area (Å²) in [5.41, 5.74) is 5.66. The average Bonchev–Trinajstić information content (AvgIpc) is 2.62. The molecule has 0 aliphatic carbocycles. The van der Waals surface area contributed by atoms with Crippen molar-refractivity contribution in [3.05, 3.63) is 0 Å². The van der Waals surface area contributed by atoms with Crippen molar-refractivity contribution in [3.63, 3.8) is 0 Å². The molecule has 0 amide bonds. The van der Waals surface area contributed by atoms with Gasteiger partial charge >= 0.3 is 11.9 Å². The molecule has 5 nitrogen and oxygen atoms in total. The predicted molar refractivity (Wildman–Crippen MR) is 110 cm³/mol. The molecule has 0 aliphatic heterocycles. The van der Waals surface area contributed by atoms with Gasteiger partial charge < -0.3 is 5.73 Å². The monoisotopic (exact) mass is 385 g/mol. The van der Waals surface area contributed by atoms with Crippen LogP contribution in [0.15, 0.2) is 0 Å². The minimum atomic E-state index is -0.742. The molecule has 0 aromatic carbocycles. The molecule has 1 unspecified atom stereocenters. The van der Waals surface area contributed by atoms with E-state index in [4.69, 9.17) is 5.73 Å². The number of carbonyl (C=O) groups is 2. The third-order valence-corrected chi connectivity index (χ3v) is 4.73. The Hall–Kier alpha value is -1.10. The highest BCUT2D eigenvalue weighted by Gasteiger charge is 2.19. The third kappa shape index (κ3) is 18.0. The van der Waals surface area contributed by atoms with E-state index in [1.54, 1.807) is 0 Å². The molecule has 0 saturated carbocycles. The molecule has 1 atom stereocenters. The summed E-state index contributed by atoms with van der Waals surface area (Å²) in [5, 5.41) is 0. The lowest BCUT2D eigenvalue weighted by molar-refractivity contribution is -0.260. The first-order chi connectivity index (χ1) is 13.0. The summed E-state index contributed by atoms with van der Waals surface area (Å²) in [7, 11) is 0. The van der Waals surface area contributed by atoms with Crippen LogP contribution in [0.3, 0.4) is 0 Å². The molecule has 0 heterocycles. The van der Waals surface area contributed by atoms with Crippen LogP contribution in [0.4, 0.5) is 0 Å². The quantitative estimate of drug-likeness (QED) is 0.193. The molecule has 5 heteroatoms. The molecule has 0 fully saturated rings. The number of hydrogen-bond donors (Lipinski definition) is 1. The van der Waals surface area contributed by atoms with Gasteiger partial charge in [0.05, 0.1) is 6.42 Å². The molecule has 0 bridgehead atoms. The van der Waals surface area contributed by atoms with Crippen molar-refractivity contribution >= 4 is 11.9 Å². The Morgan fingerprint density at radius 2 is 1.19 bits per heavy atom. The zero-order valence-corrected chi connectivity index (χ0v) is 18.0. The molecule has 0 spiro atoms. The predicted octanol–water partition coefficient (Wildman–Crippen LogP) is 5.84. The lowest BCUT2D eigenvalue weighted by atomic mass is 10.0. The van der Waals surface area contributed by atoms with E-state index >= 15 is 0 Å². The normalized spacial score (nSPS) is 12.2. The highest BCUT2D eigenvalue weighted by Crippen LogP contribution is 2.13. The van der Waals surface area contributed by atoms with Gasteiger partial charge in [-0.25, -0.2) is 19.4 Å². The SMILES string of the molecule is CCCCCCCCCCCCCCCC(=O)OOC(=O)C(N)CC(C)C. The van der Waals surface area contributed by atoms with Gasteiger partial charge in [0.2, 0.25) is 0 Å². The maximum atomic E-state index is 11.6. The van der Waals surface area contributed by atoms with Crippen molar-refractivity contribution in [3.8, 4) is 0 Å². The Bertz CT molecular complexity index is 371. The Kier molecular flexibility index (Phi) is 17.5. The zero-order valence-electron chi connectivity index (χ0n) is 18.0. The molecule has 27 heavy (non-hydrogen) atoms.